The number of rotatable bonds is 3. The molecule has 1 aliphatic rings. The summed E-state index contributed by atoms with van der Waals surface area (Å²) in [4.78, 5) is 8.84. The predicted octanol–water partition coefficient (Wildman–Crippen LogP) is 2.54. The van der Waals surface area contributed by atoms with Crippen molar-refractivity contribution in [1.29, 1.82) is 0 Å². The Morgan fingerprint density at radius 1 is 1.33 bits per heavy atom. The highest BCUT2D eigenvalue weighted by molar-refractivity contribution is 14.0. The van der Waals surface area contributed by atoms with Crippen molar-refractivity contribution in [2.45, 2.75) is 13.5 Å². The lowest BCUT2D eigenvalue weighted by Gasteiger charge is -2.27. The van der Waals surface area contributed by atoms with Gasteiger partial charge in [-0.3, -0.25) is 0 Å². The van der Waals surface area contributed by atoms with Crippen LogP contribution in [0.5, 0.6) is 0 Å². The van der Waals surface area contributed by atoms with Gasteiger partial charge in [0.05, 0.1) is 6.54 Å². The molecule has 1 fully saturated rings. The average molecular weight is 420 g/mol. The van der Waals surface area contributed by atoms with Crippen molar-refractivity contribution in [2.75, 3.05) is 43.6 Å². The standard InChI is InChI=1S/C15H24N4S.HI/c1-12-10-14(18(2)3)5-4-13(12)11-17-15(16)19-6-8-20-9-7-19;/h4-5,10H,6-9,11H2,1-3H3,(H2,16,17);1H. The summed E-state index contributed by atoms with van der Waals surface area (Å²) in [6, 6.07) is 6.47. The second-order valence-electron chi connectivity index (χ2n) is 5.28. The van der Waals surface area contributed by atoms with Crippen LogP contribution in [-0.4, -0.2) is 49.6 Å². The molecule has 4 nitrogen and oxygen atoms in total. The van der Waals surface area contributed by atoms with Crippen molar-refractivity contribution in [3.8, 4) is 0 Å². The van der Waals surface area contributed by atoms with Crippen molar-refractivity contribution in [1.82, 2.24) is 4.90 Å². The fourth-order valence-corrected chi connectivity index (χ4v) is 3.10. The Balaban J connectivity index is 0.00000220. The van der Waals surface area contributed by atoms with Crippen molar-refractivity contribution in [2.24, 2.45) is 10.7 Å². The zero-order chi connectivity index (χ0) is 14.5. The molecule has 1 heterocycles. The largest absolute Gasteiger partial charge is 0.378 e. The van der Waals surface area contributed by atoms with Gasteiger partial charge in [0, 0.05) is 44.4 Å². The summed E-state index contributed by atoms with van der Waals surface area (Å²) in [7, 11) is 4.11. The third kappa shape index (κ3) is 5.25. The van der Waals surface area contributed by atoms with E-state index in [2.05, 4.69) is 54.0 Å². The number of anilines is 1. The van der Waals surface area contributed by atoms with Crippen LogP contribution in [0.25, 0.3) is 0 Å². The van der Waals surface area contributed by atoms with Gasteiger partial charge in [0.15, 0.2) is 5.96 Å². The minimum absolute atomic E-state index is 0. The highest BCUT2D eigenvalue weighted by Crippen LogP contribution is 2.18. The lowest BCUT2D eigenvalue weighted by molar-refractivity contribution is 0.455. The van der Waals surface area contributed by atoms with Crippen LogP contribution >= 0.6 is 35.7 Å². The third-order valence-electron chi connectivity index (χ3n) is 3.59. The summed E-state index contributed by atoms with van der Waals surface area (Å²) in [5, 5.41) is 0. The predicted molar refractivity (Wildman–Crippen MR) is 105 cm³/mol. The van der Waals surface area contributed by atoms with Gasteiger partial charge in [0.2, 0.25) is 0 Å². The minimum atomic E-state index is 0. The number of aliphatic imine (C=N–C) groups is 1. The number of nitrogens with zero attached hydrogens (tertiary/aromatic N) is 3. The maximum absolute atomic E-state index is 6.08. The Labute approximate surface area is 149 Å². The molecule has 0 spiro atoms. The van der Waals surface area contributed by atoms with Crippen molar-refractivity contribution in [3.63, 3.8) is 0 Å². The van der Waals surface area contributed by atoms with Gasteiger partial charge in [-0.1, -0.05) is 6.07 Å². The molecule has 6 heteroatoms. The number of thioether (sulfide) groups is 1. The Kier molecular flexibility index (Phi) is 7.65. The number of halogens is 1. The van der Waals surface area contributed by atoms with Crippen molar-refractivity contribution >= 4 is 47.4 Å². The molecule has 1 aromatic carbocycles. The van der Waals surface area contributed by atoms with E-state index in [9.17, 15) is 0 Å². The van der Waals surface area contributed by atoms with Gasteiger partial charge < -0.3 is 15.5 Å². The van der Waals surface area contributed by atoms with E-state index < -0.39 is 0 Å². The zero-order valence-electron chi connectivity index (χ0n) is 13.0. The maximum Gasteiger partial charge on any atom is 0.191 e. The number of hydrogen-bond acceptors (Lipinski definition) is 3. The lowest BCUT2D eigenvalue weighted by atomic mass is 10.1. The molecule has 0 unspecified atom stereocenters. The number of aryl methyl sites for hydroxylation is 1. The summed E-state index contributed by atoms with van der Waals surface area (Å²) in [6.07, 6.45) is 0. The Morgan fingerprint density at radius 2 is 2.00 bits per heavy atom. The van der Waals surface area contributed by atoms with E-state index in [1.165, 1.54) is 16.8 Å². The van der Waals surface area contributed by atoms with Crippen LogP contribution < -0.4 is 10.6 Å². The van der Waals surface area contributed by atoms with E-state index in [-0.39, 0.29) is 24.0 Å². The average Bonchev–Trinajstić information content (AvgIpc) is 2.46. The van der Waals surface area contributed by atoms with Gasteiger partial charge in [-0.2, -0.15) is 11.8 Å². The van der Waals surface area contributed by atoms with Gasteiger partial charge in [0.1, 0.15) is 0 Å². The zero-order valence-corrected chi connectivity index (χ0v) is 16.1. The SMILES string of the molecule is Cc1cc(N(C)C)ccc1CN=C(N)N1CCSCC1.I. The molecule has 118 valence electrons. The Morgan fingerprint density at radius 3 is 2.57 bits per heavy atom. The molecule has 1 aromatic rings. The molecule has 0 aromatic heterocycles. The van der Waals surface area contributed by atoms with E-state index >= 15 is 0 Å². The summed E-state index contributed by atoms with van der Waals surface area (Å²) in [5.41, 5.74) is 9.81. The van der Waals surface area contributed by atoms with Crippen LogP contribution in [0.1, 0.15) is 11.1 Å². The minimum Gasteiger partial charge on any atom is -0.378 e. The maximum atomic E-state index is 6.08. The first-order valence-electron chi connectivity index (χ1n) is 6.97. The van der Waals surface area contributed by atoms with E-state index in [4.69, 9.17) is 5.73 Å². The molecule has 2 rings (SSSR count). The molecule has 21 heavy (non-hydrogen) atoms. The fraction of sp³-hybridized carbons (Fsp3) is 0.533. The van der Waals surface area contributed by atoms with Crippen LogP contribution in [0.2, 0.25) is 0 Å². The first-order chi connectivity index (χ1) is 9.58. The van der Waals surface area contributed by atoms with Gasteiger partial charge in [-0.15, -0.1) is 24.0 Å². The lowest BCUT2D eigenvalue weighted by Crippen LogP contribution is -2.42. The summed E-state index contributed by atoms with van der Waals surface area (Å²) in [5.74, 6) is 2.97. The molecular weight excluding hydrogens is 395 g/mol. The van der Waals surface area contributed by atoms with Crippen LogP contribution in [0.4, 0.5) is 5.69 Å². The molecule has 0 aliphatic carbocycles. The fourth-order valence-electron chi connectivity index (χ4n) is 2.19. The number of guanidine groups is 1. The highest BCUT2D eigenvalue weighted by Gasteiger charge is 2.12. The van der Waals surface area contributed by atoms with E-state index in [1.54, 1.807) is 0 Å². The highest BCUT2D eigenvalue weighted by atomic mass is 127. The third-order valence-corrected chi connectivity index (χ3v) is 4.53. The van der Waals surface area contributed by atoms with Crippen molar-refractivity contribution < 1.29 is 0 Å². The van der Waals surface area contributed by atoms with Crippen LogP contribution in [-0.2, 0) is 6.54 Å². The quantitative estimate of drug-likeness (QED) is 0.464. The molecule has 0 radical (unpaired) electrons. The van der Waals surface area contributed by atoms with Crippen LogP contribution in [0, 0.1) is 6.92 Å². The second kappa shape index (κ2) is 8.73. The smallest absolute Gasteiger partial charge is 0.191 e. The summed E-state index contributed by atoms with van der Waals surface area (Å²) in [6.45, 7) is 4.82. The monoisotopic (exact) mass is 420 g/mol. The van der Waals surface area contributed by atoms with Gasteiger partial charge in [-0.25, -0.2) is 4.99 Å². The topological polar surface area (TPSA) is 44.9 Å². The summed E-state index contributed by atoms with van der Waals surface area (Å²) >= 11 is 1.98. The van der Waals surface area contributed by atoms with Gasteiger partial charge in [-0.05, 0) is 30.2 Å². The molecule has 1 saturated heterocycles. The molecule has 1 aliphatic heterocycles. The molecule has 0 saturated carbocycles. The second-order valence-corrected chi connectivity index (χ2v) is 6.50. The number of benzene rings is 1. The first-order valence-corrected chi connectivity index (χ1v) is 8.13. The van der Waals surface area contributed by atoms with E-state index in [0.29, 0.717) is 12.5 Å². The molecule has 0 atom stereocenters. The molecule has 0 bridgehead atoms. The first kappa shape index (κ1) is 18.4. The number of nitrogens with two attached hydrogens (primary N) is 1. The Bertz CT molecular complexity index is 485. The van der Waals surface area contributed by atoms with Crippen LogP contribution in [0.3, 0.4) is 0 Å². The van der Waals surface area contributed by atoms with Crippen molar-refractivity contribution in [3.05, 3.63) is 29.3 Å². The van der Waals surface area contributed by atoms with Gasteiger partial charge in [0.25, 0.3) is 0 Å². The normalized spacial score (nSPS) is 15.6. The molecule has 0 amide bonds. The Hall–Kier alpha value is -0.630. The van der Waals surface area contributed by atoms with Crippen LogP contribution in [0.15, 0.2) is 23.2 Å². The number of hydrogen-bond donors (Lipinski definition) is 1. The van der Waals surface area contributed by atoms with E-state index in [0.717, 1.165) is 24.6 Å². The molecular formula is C15H25IN4S. The summed E-state index contributed by atoms with van der Waals surface area (Å²) < 4.78 is 0. The van der Waals surface area contributed by atoms with E-state index in [1.807, 2.05) is 11.8 Å². The van der Waals surface area contributed by atoms with Gasteiger partial charge >= 0.3 is 0 Å². The molecule has 2 N–H and O–H groups in total.